The van der Waals surface area contributed by atoms with Gasteiger partial charge in [0.05, 0.1) is 17.1 Å². The van der Waals surface area contributed by atoms with E-state index in [0.29, 0.717) is 0 Å². The minimum Gasteiger partial charge on any atom is -0.254 e. The summed E-state index contributed by atoms with van der Waals surface area (Å²) in [5.41, 5.74) is 3.93. The highest BCUT2D eigenvalue weighted by Crippen LogP contribution is 2.32. The highest BCUT2D eigenvalue weighted by Gasteiger charge is 2.12. The Bertz CT molecular complexity index is 1220. The maximum atomic E-state index is 5.03. The zero-order chi connectivity index (χ0) is 17.3. The zero-order valence-corrected chi connectivity index (χ0v) is 14.1. The van der Waals surface area contributed by atoms with Crippen LogP contribution in [-0.2, 0) is 0 Å². The molecule has 0 radical (unpaired) electrons. The molecule has 5 aromatic rings. The summed E-state index contributed by atoms with van der Waals surface area (Å²) >= 11 is 0. The standard InChI is InChI=1S/C24H16N2/c1-2-9-18(10-3-1)23-21-13-7-5-11-19(21)16-22(26-23)24-20-12-6-4-8-17(20)14-15-25-24/h1-16H. The van der Waals surface area contributed by atoms with Crippen LogP contribution in [0.25, 0.3) is 44.2 Å². The van der Waals surface area contributed by atoms with Crippen molar-refractivity contribution in [1.82, 2.24) is 9.97 Å². The van der Waals surface area contributed by atoms with E-state index < -0.39 is 0 Å². The molecule has 0 fully saturated rings. The van der Waals surface area contributed by atoms with Gasteiger partial charge < -0.3 is 0 Å². The molecule has 2 aromatic heterocycles. The lowest BCUT2D eigenvalue weighted by atomic mass is 10.0. The van der Waals surface area contributed by atoms with Crippen LogP contribution in [0, 0.1) is 0 Å². The topological polar surface area (TPSA) is 25.8 Å². The van der Waals surface area contributed by atoms with Crippen LogP contribution in [0.3, 0.4) is 0 Å². The van der Waals surface area contributed by atoms with E-state index in [-0.39, 0.29) is 0 Å². The second kappa shape index (κ2) is 6.08. The van der Waals surface area contributed by atoms with Crippen molar-refractivity contribution >= 4 is 21.5 Å². The van der Waals surface area contributed by atoms with E-state index in [9.17, 15) is 0 Å². The van der Waals surface area contributed by atoms with Crippen molar-refractivity contribution in [3.05, 3.63) is 97.2 Å². The second-order valence-electron chi connectivity index (χ2n) is 6.32. The SMILES string of the molecule is c1ccc(-c2nc(-c3nccc4ccccc34)cc3ccccc23)cc1. The first-order valence-electron chi connectivity index (χ1n) is 8.69. The summed E-state index contributed by atoms with van der Waals surface area (Å²) in [7, 11) is 0. The summed E-state index contributed by atoms with van der Waals surface area (Å²) in [5.74, 6) is 0. The Morgan fingerprint density at radius 2 is 1.19 bits per heavy atom. The molecule has 26 heavy (non-hydrogen) atoms. The van der Waals surface area contributed by atoms with Gasteiger partial charge >= 0.3 is 0 Å². The molecular weight excluding hydrogens is 316 g/mol. The lowest BCUT2D eigenvalue weighted by molar-refractivity contribution is 1.28. The van der Waals surface area contributed by atoms with E-state index in [0.717, 1.165) is 33.4 Å². The summed E-state index contributed by atoms with van der Waals surface area (Å²) in [6.45, 7) is 0. The van der Waals surface area contributed by atoms with Crippen LogP contribution in [0.1, 0.15) is 0 Å². The first kappa shape index (κ1) is 14.8. The van der Waals surface area contributed by atoms with Crippen molar-refractivity contribution in [2.75, 3.05) is 0 Å². The molecule has 0 saturated carbocycles. The van der Waals surface area contributed by atoms with Gasteiger partial charge in [-0.3, -0.25) is 4.98 Å². The summed E-state index contributed by atoms with van der Waals surface area (Å²) in [5, 5.41) is 4.62. The molecule has 2 nitrogen and oxygen atoms in total. The molecule has 2 heterocycles. The number of hydrogen-bond acceptors (Lipinski definition) is 2. The second-order valence-corrected chi connectivity index (χ2v) is 6.32. The summed E-state index contributed by atoms with van der Waals surface area (Å²) < 4.78 is 0. The number of rotatable bonds is 2. The molecule has 5 rings (SSSR count). The molecule has 0 atom stereocenters. The van der Waals surface area contributed by atoms with Gasteiger partial charge in [0.1, 0.15) is 0 Å². The highest BCUT2D eigenvalue weighted by molar-refractivity contribution is 6.00. The van der Waals surface area contributed by atoms with E-state index in [2.05, 4.69) is 77.8 Å². The number of pyridine rings is 2. The Balaban J connectivity index is 1.84. The van der Waals surface area contributed by atoms with Gasteiger partial charge in [-0.15, -0.1) is 0 Å². The normalized spacial score (nSPS) is 11.1. The summed E-state index contributed by atoms with van der Waals surface area (Å²) in [6.07, 6.45) is 1.86. The van der Waals surface area contributed by atoms with Crippen LogP contribution in [-0.4, -0.2) is 9.97 Å². The van der Waals surface area contributed by atoms with E-state index >= 15 is 0 Å². The van der Waals surface area contributed by atoms with Crippen molar-refractivity contribution in [3.8, 4) is 22.6 Å². The largest absolute Gasteiger partial charge is 0.254 e. The average molecular weight is 332 g/mol. The Kier molecular flexibility index (Phi) is 3.46. The van der Waals surface area contributed by atoms with E-state index in [1.165, 1.54) is 10.8 Å². The predicted molar refractivity (Wildman–Crippen MR) is 108 cm³/mol. The molecule has 0 saturated heterocycles. The molecule has 0 aliphatic heterocycles. The van der Waals surface area contributed by atoms with E-state index in [4.69, 9.17) is 4.98 Å². The smallest absolute Gasteiger partial charge is 0.0964 e. The summed E-state index contributed by atoms with van der Waals surface area (Å²) in [4.78, 5) is 9.69. The van der Waals surface area contributed by atoms with Gasteiger partial charge in [0.25, 0.3) is 0 Å². The monoisotopic (exact) mass is 332 g/mol. The molecule has 0 amide bonds. The third kappa shape index (κ3) is 2.44. The third-order valence-corrected chi connectivity index (χ3v) is 4.70. The first-order chi connectivity index (χ1) is 12.9. The fraction of sp³-hybridized carbons (Fsp3) is 0. The molecule has 3 aromatic carbocycles. The van der Waals surface area contributed by atoms with Crippen LogP contribution >= 0.6 is 0 Å². The Hall–Kier alpha value is -3.52. The average Bonchev–Trinajstić information content (AvgIpc) is 2.73. The number of aromatic nitrogens is 2. The predicted octanol–water partition coefficient (Wildman–Crippen LogP) is 6.12. The van der Waals surface area contributed by atoms with Crippen molar-refractivity contribution in [2.24, 2.45) is 0 Å². The Morgan fingerprint density at radius 1 is 0.538 bits per heavy atom. The Labute approximate surface area is 151 Å². The molecule has 122 valence electrons. The minimum atomic E-state index is 0.902. The molecular formula is C24H16N2. The summed E-state index contributed by atoms with van der Waals surface area (Å²) in [6, 6.07) is 31.2. The van der Waals surface area contributed by atoms with Crippen LogP contribution in [0.15, 0.2) is 97.2 Å². The van der Waals surface area contributed by atoms with Crippen molar-refractivity contribution in [2.45, 2.75) is 0 Å². The zero-order valence-electron chi connectivity index (χ0n) is 14.1. The first-order valence-corrected chi connectivity index (χ1v) is 8.69. The van der Waals surface area contributed by atoms with Gasteiger partial charge in [-0.05, 0) is 22.9 Å². The van der Waals surface area contributed by atoms with Gasteiger partial charge in [-0.25, -0.2) is 4.98 Å². The lowest BCUT2D eigenvalue weighted by Gasteiger charge is -2.11. The fourth-order valence-corrected chi connectivity index (χ4v) is 3.46. The third-order valence-electron chi connectivity index (χ3n) is 4.70. The number of benzene rings is 3. The van der Waals surface area contributed by atoms with Crippen LogP contribution in [0.5, 0.6) is 0 Å². The van der Waals surface area contributed by atoms with E-state index in [1.54, 1.807) is 0 Å². The number of nitrogens with zero attached hydrogens (tertiary/aromatic N) is 2. The molecule has 0 aliphatic carbocycles. The van der Waals surface area contributed by atoms with Crippen molar-refractivity contribution in [3.63, 3.8) is 0 Å². The Morgan fingerprint density at radius 3 is 2.00 bits per heavy atom. The quantitative estimate of drug-likeness (QED) is 0.389. The molecule has 0 N–H and O–H groups in total. The number of hydrogen-bond donors (Lipinski definition) is 0. The molecule has 0 unspecified atom stereocenters. The molecule has 2 heteroatoms. The van der Waals surface area contributed by atoms with Crippen LogP contribution in [0.2, 0.25) is 0 Å². The highest BCUT2D eigenvalue weighted by atomic mass is 14.8. The maximum Gasteiger partial charge on any atom is 0.0964 e. The fourth-order valence-electron chi connectivity index (χ4n) is 3.46. The van der Waals surface area contributed by atoms with Crippen LogP contribution < -0.4 is 0 Å². The van der Waals surface area contributed by atoms with E-state index in [1.807, 2.05) is 24.4 Å². The van der Waals surface area contributed by atoms with Gasteiger partial charge in [0.15, 0.2) is 0 Å². The van der Waals surface area contributed by atoms with Crippen molar-refractivity contribution < 1.29 is 0 Å². The molecule has 0 spiro atoms. The van der Waals surface area contributed by atoms with Crippen molar-refractivity contribution in [1.29, 1.82) is 0 Å². The molecule has 0 aliphatic rings. The minimum absolute atomic E-state index is 0.902. The van der Waals surface area contributed by atoms with Crippen LogP contribution in [0.4, 0.5) is 0 Å². The van der Waals surface area contributed by atoms with Gasteiger partial charge in [0, 0.05) is 22.5 Å². The van der Waals surface area contributed by atoms with Gasteiger partial charge in [0.2, 0.25) is 0 Å². The van der Waals surface area contributed by atoms with Gasteiger partial charge in [-0.1, -0.05) is 78.9 Å². The number of fused-ring (bicyclic) bond motifs is 2. The lowest BCUT2D eigenvalue weighted by Crippen LogP contribution is -1.93. The molecule has 0 bridgehead atoms. The van der Waals surface area contributed by atoms with Gasteiger partial charge in [-0.2, -0.15) is 0 Å². The maximum absolute atomic E-state index is 5.03.